The molecule has 2 aromatic rings. The number of hydrogen-bond donors (Lipinski definition) is 1. The molecule has 2 atom stereocenters. The number of carbonyl (C=O) groups excluding carboxylic acids is 3. The van der Waals surface area contributed by atoms with Crippen LogP contribution in [0.5, 0.6) is 0 Å². The first-order chi connectivity index (χ1) is 15.1. The van der Waals surface area contributed by atoms with Gasteiger partial charge in [0.15, 0.2) is 9.84 Å². The van der Waals surface area contributed by atoms with E-state index in [0.29, 0.717) is 11.3 Å². The fourth-order valence-electron chi connectivity index (χ4n) is 4.16. The number of anilines is 1. The molecule has 0 radical (unpaired) electrons. The van der Waals surface area contributed by atoms with Gasteiger partial charge in [-0.1, -0.05) is 30.3 Å². The van der Waals surface area contributed by atoms with E-state index in [4.69, 9.17) is 0 Å². The summed E-state index contributed by atoms with van der Waals surface area (Å²) < 4.78 is 37.3. The first kappa shape index (κ1) is 21.9. The van der Waals surface area contributed by atoms with Gasteiger partial charge in [0.25, 0.3) is 5.91 Å². The van der Waals surface area contributed by atoms with Gasteiger partial charge in [0, 0.05) is 5.69 Å². The molecule has 0 aromatic heterocycles. The average Bonchev–Trinajstić information content (AvgIpc) is 3.21. The Morgan fingerprint density at radius 2 is 1.81 bits per heavy atom. The van der Waals surface area contributed by atoms with Crippen molar-refractivity contribution in [3.05, 3.63) is 66.0 Å². The summed E-state index contributed by atoms with van der Waals surface area (Å²) in [6.07, 6.45) is 0.274. The smallest absolute Gasteiger partial charge is 0.319 e. The van der Waals surface area contributed by atoms with Crippen LogP contribution >= 0.6 is 0 Å². The van der Waals surface area contributed by atoms with Crippen molar-refractivity contribution in [1.29, 1.82) is 0 Å². The third-order valence-electron chi connectivity index (χ3n) is 5.87. The zero-order valence-electron chi connectivity index (χ0n) is 17.3. The first-order valence-electron chi connectivity index (χ1n) is 10.1. The van der Waals surface area contributed by atoms with Gasteiger partial charge in [0.2, 0.25) is 5.91 Å². The minimum Gasteiger partial charge on any atom is -0.319 e. The Morgan fingerprint density at radius 1 is 1.16 bits per heavy atom. The van der Waals surface area contributed by atoms with E-state index in [9.17, 15) is 27.2 Å². The minimum absolute atomic E-state index is 0.0277. The van der Waals surface area contributed by atoms with Crippen molar-refractivity contribution in [2.24, 2.45) is 0 Å². The van der Waals surface area contributed by atoms with Gasteiger partial charge >= 0.3 is 6.03 Å². The van der Waals surface area contributed by atoms with E-state index < -0.39 is 51.6 Å². The van der Waals surface area contributed by atoms with E-state index in [1.165, 1.54) is 36.1 Å². The van der Waals surface area contributed by atoms with Gasteiger partial charge in [-0.2, -0.15) is 0 Å². The fraction of sp³-hybridized carbons (Fsp3) is 0.318. The summed E-state index contributed by atoms with van der Waals surface area (Å²) in [5.41, 5.74) is -0.568. The van der Waals surface area contributed by atoms with E-state index in [2.05, 4.69) is 5.32 Å². The summed E-state index contributed by atoms with van der Waals surface area (Å²) >= 11 is 0. The highest BCUT2D eigenvalue weighted by Crippen LogP contribution is 2.30. The maximum atomic E-state index is 13.3. The number of amides is 4. The Labute approximate surface area is 184 Å². The monoisotopic (exact) mass is 459 g/mol. The normalized spacial score (nSPS) is 24.4. The van der Waals surface area contributed by atoms with Gasteiger partial charge in [0.05, 0.1) is 17.5 Å². The molecule has 2 aromatic carbocycles. The zero-order valence-corrected chi connectivity index (χ0v) is 18.1. The molecule has 1 N–H and O–H groups in total. The number of hydrogen-bond acceptors (Lipinski definition) is 5. The van der Waals surface area contributed by atoms with Crippen molar-refractivity contribution in [3.8, 4) is 0 Å². The van der Waals surface area contributed by atoms with Gasteiger partial charge in [-0.3, -0.25) is 14.5 Å². The lowest BCUT2D eigenvalue weighted by atomic mass is 9.92. The van der Waals surface area contributed by atoms with Gasteiger partial charge < -0.3 is 10.2 Å². The van der Waals surface area contributed by atoms with Crippen molar-refractivity contribution >= 4 is 33.4 Å². The number of nitrogens with one attached hydrogen (secondary N) is 1. The van der Waals surface area contributed by atoms with Crippen LogP contribution in [-0.4, -0.2) is 55.3 Å². The summed E-state index contributed by atoms with van der Waals surface area (Å²) in [7, 11) is -3.27. The number of para-hydroxylation sites is 1. The molecule has 168 valence electrons. The summed E-state index contributed by atoms with van der Waals surface area (Å²) in [5, 5.41) is 2.58. The van der Waals surface area contributed by atoms with E-state index in [1.54, 1.807) is 30.3 Å². The molecule has 2 fully saturated rings. The van der Waals surface area contributed by atoms with Gasteiger partial charge in [-0.05, 0) is 43.2 Å². The lowest BCUT2D eigenvalue weighted by molar-refractivity contribution is -0.134. The molecule has 4 rings (SSSR count). The SMILES string of the molecule is CC1(c2ccc(F)cc2)NC(=O)N(CC(=O)N(c2ccccc2)C2CCS(=O)(=O)C2)C1=O. The number of rotatable bonds is 5. The summed E-state index contributed by atoms with van der Waals surface area (Å²) in [5.74, 6) is -1.90. The number of sulfone groups is 1. The molecule has 2 saturated heterocycles. The predicted octanol–water partition coefficient (Wildman–Crippen LogP) is 1.81. The first-order valence-corrected chi connectivity index (χ1v) is 11.9. The Balaban J connectivity index is 1.60. The van der Waals surface area contributed by atoms with Crippen molar-refractivity contribution in [2.45, 2.75) is 24.9 Å². The number of imide groups is 1. The Bertz CT molecular complexity index is 1170. The van der Waals surface area contributed by atoms with E-state index in [0.717, 1.165) is 4.90 Å². The lowest BCUT2D eigenvalue weighted by Gasteiger charge is -2.30. The molecule has 0 saturated carbocycles. The van der Waals surface area contributed by atoms with Crippen LogP contribution in [0.25, 0.3) is 0 Å². The number of benzene rings is 2. The largest absolute Gasteiger partial charge is 0.325 e. The van der Waals surface area contributed by atoms with Gasteiger partial charge in [-0.25, -0.2) is 17.6 Å². The molecule has 0 bridgehead atoms. The van der Waals surface area contributed by atoms with Crippen LogP contribution in [0.3, 0.4) is 0 Å². The molecule has 8 nitrogen and oxygen atoms in total. The van der Waals surface area contributed by atoms with E-state index in [1.807, 2.05) is 0 Å². The number of urea groups is 1. The molecular formula is C22H22FN3O5S. The molecule has 0 spiro atoms. The molecule has 2 unspecified atom stereocenters. The van der Waals surface area contributed by atoms with Crippen molar-refractivity contribution in [1.82, 2.24) is 10.2 Å². The second kappa shape index (κ2) is 8.01. The quantitative estimate of drug-likeness (QED) is 0.687. The third-order valence-corrected chi connectivity index (χ3v) is 7.62. The highest BCUT2D eigenvalue weighted by Gasteiger charge is 2.50. The van der Waals surface area contributed by atoms with Crippen molar-refractivity contribution in [3.63, 3.8) is 0 Å². The Morgan fingerprint density at radius 3 is 2.41 bits per heavy atom. The van der Waals surface area contributed by atoms with Crippen LogP contribution in [0.15, 0.2) is 54.6 Å². The highest BCUT2D eigenvalue weighted by atomic mass is 32.2. The molecular weight excluding hydrogens is 437 g/mol. The zero-order chi connectivity index (χ0) is 23.1. The summed E-state index contributed by atoms with van der Waals surface area (Å²) in [6, 6.07) is 12.4. The topological polar surface area (TPSA) is 104 Å². The summed E-state index contributed by atoms with van der Waals surface area (Å²) in [4.78, 5) is 41.2. The number of carbonyl (C=O) groups is 3. The number of nitrogens with zero attached hydrogens (tertiary/aromatic N) is 2. The van der Waals surface area contributed by atoms with Crippen LogP contribution in [0.2, 0.25) is 0 Å². The van der Waals surface area contributed by atoms with Crippen LogP contribution in [-0.2, 0) is 25.0 Å². The minimum atomic E-state index is -3.27. The average molecular weight is 459 g/mol. The molecule has 10 heteroatoms. The molecule has 0 aliphatic carbocycles. The van der Waals surface area contributed by atoms with E-state index in [-0.39, 0.29) is 17.9 Å². The molecule has 32 heavy (non-hydrogen) atoms. The second-order valence-corrected chi connectivity index (χ2v) is 10.3. The van der Waals surface area contributed by atoms with Crippen molar-refractivity contribution in [2.75, 3.05) is 23.0 Å². The predicted molar refractivity (Wildman–Crippen MR) is 115 cm³/mol. The Hall–Kier alpha value is -3.27. The van der Waals surface area contributed by atoms with E-state index >= 15 is 0 Å². The van der Waals surface area contributed by atoms with Crippen LogP contribution in [0.4, 0.5) is 14.9 Å². The lowest BCUT2D eigenvalue weighted by Crippen LogP contribution is -2.48. The van der Waals surface area contributed by atoms with Crippen LogP contribution in [0, 0.1) is 5.82 Å². The van der Waals surface area contributed by atoms with Gasteiger partial charge in [0.1, 0.15) is 17.9 Å². The Kier molecular flexibility index (Phi) is 5.49. The van der Waals surface area contributed by atoms with Crippen LogP contribution in [0.1, 0.15) is 18.9 Å². The highest BCUT2D eigenvalue weighted by molar-refractivity contribution is 7.91. The standard InChI is InChI=1S/C22H22FN3O5S/c1-22(15-7-9-16(23)10-8-15)20(28)25(21(29)24-22)13-19(27)26(17-5-3-2-4-6-17)18-11-12-32(30,31)14-18/h2-10,18H,11-14H2,1H3,(H,24,29). The van der Waals surface area contributed by atoms with Crippen LogP contribution < -0.4 is 10.2 Å². The molecule has 2 heterocycles. The summed E-state index contributed by atoms with van der Waals surface area (Å²) in [6.45, 7) is 0.941. The van der Waals surface area contributed by atoms with Gasteiger partial charge in [-0.15, -0.1) is 0 Å². The van der Waals surface area contributed by atoms with Crippen molar-refractivity contribution < 1.29 is 27.2 Å². The molecule has 4 amide bonds. The third kappa shape index (κ3) is 3.97. The molecule has 2 aliphatic heterocycles. The maximum Gasteiger partial charge on any atom is 0.325 e. The second-order valence-electron chi connectivity index (χ2n) is 8.11. The maximum absolute atomic E-state index is 13.3. The fourth-order valence-corrected chi connectivity index (χ4v) is 5.86. The number of halogens is 1. The molecule has 2 aliphatic rings.